The number of hydrogen-bond acceptors (Lipinski definition) is 4. The molecular formula is C18H24N2O5. The molecule has 0 spiro atoms. The Morgan fingerprint density at radius 1 is 1.24 bits per heavy atom. The number of anilines is 1. The molecular weight excluding hydrogens is 324 g/mol. The third-order valence-corrected chi connectivity index (χ3v) is 4.36. The molecule has 2 rings (SSSR count). The van der Waals surface area contributed by atoms with Gasteiger partial charge >= 0.3 is 5.97 Å². The Labute approximate surface area is 147 Å². The average molecular weight is 348 g/mol. The Kier molecular flexibility index (Phi) is 6.38. The Bertz CT molecular complexity index is 644. The van der Waals surface area contributed by atoms with Crippen LogP contribution in [0, 0.1) is 11.8 Å². The number of nitrogens with zero attached hydrogens (tertiary/aromatic N) is 1. The monoisotopic (exact) mass is 348 g/mol. The van der Waals surface area contributed by atoms with Crippen LogP contribution in [0.5, 0.6) is 5.75 Å². The molecule has 1 aliphatic carbocycles. The fraction of sp³-hybridized carbons (Fsp3) is 0.500. The lowest BCUT2D eigenvalue weighted by atomic mass is 9.81. The molecule has 136 valence electrons. The van der Waals surface area contributed by atoms with E-state index >= 15 is 0 Å². The normalized spacial score (nSPS) is 19.8. The minimum absolute atomic E-state index is 0.0761. The summed E-state index contributed by atoms with van der Waals surface area (Å²) < 4.78 is 5.43. The van der Waals surface area contributed by atoms with Crippen molar-refractivity contribution in [2.24, 2.45) is 11.8 Å². The lowest BCUT2D eigenvalue weighted by Gasteiger charge is -2.25. The first-order valence-corrected chi connectivity index (χ1v) is 8.33. The fourth-order valence-corrected chi connectivity index (χ4v) is 2.83. The van der Waals surface area contributed by atoms with Crippen LogP contribution in [0.2, 0.25) is 0 Å². The summed E-state index contributed by atoms with van der Waals surface area (Å²) in [6.45, 7) is -0.0761. The van der Waals surface area contributed by atoms with Crippen LogP contribution in [0.15, 0.2) is 24.3 Å². The van der Waals surface area contributed by atoms with Crippen molar-refractivity contribution in [3.63, 3.8) is 0 Å². The molecule has 0 aromatic heterocycles. The van der Waals surface area contributed by atoms with Crippen LogP contribution in [0.3, 0.4) is 0 Å². The number of amides is 2. The van der Waals surface area contributed by atoms with Gasteiger partial charge in [-0.05, 0) is 31.4 Å². The van der Waals surface area contributed by atoms with Crippen molar-refractivity contribution >= 4 is 23.5 Å². The molecule has 1 fully saturated rings. The lowest BCUT2D eigenvalue weighted by Crippen LogP contribution is -2.31. The van der Waals surface area contributed by atoms with Crippen LogP contribution in [0.4, 0.5) is 5.69 Å². The van der Waals surface area contributed by atoms with Gasteiger partial charge in [0.25, 0.3) is 5.91 Å². The van der Waals surface area contributed by atoms with E-state index in [0.717, 1.165) is 6.42 Å². The summed E-state index contributed by atoms with van der Waals surface area (Å²) in [5.74, 6) is -1.42. The van der Waals surface area contributed by atoms with Crippen molar-refractivity contribution < 1.29 is 24.2 Å². The zero-order valence-corrected chi connectivity index (χ0v) is 14.5. The first-order valence-electron chi connectivity index (χ1n) is 8.33. The molecule has 7 nitrogen and oxygen atoms in total. The average Bonchev–Trinajstić information content (AvgIpc) is 2.60. The first kappa shape index (κ1) is 18.8. The van der Waals surface area contributed by atoms with Crippen molar-refractivity contribution in [2.45, 2.75) is 25.7 Å². The Balaban J connectivity index is 1.93. The zero-order valence-electron chi connectivity index (χ0n) is 14.5. The highest BCUT2D eigenvalue weighted by molar-refractivity contribution is 5.93. The van der Waals surface area contributed by atoms with Crippen molar-refractivity contribution in [2.75, 3.05) is 26.0 Å². The topological polar surface area (TPSA) is 95.9 Å². The number of nitrogens with one attached hydrogen (secondary N) is 1. The molecule has 7 heteroatoms. The lowest BCUT2D eigenvalue weighted by molar-refractivity contribution is -0.143. The molecule has 2 atom stereocenters. The van der Waals surface area contributed by atoms with Gasteiger partial charge in [-0.25, -0.2) is 0 Å². The van der Waals surface area contributed by atoms with Gasteiger partial charge in [-0.15, -0.1) is 0 Å². The van der Waals surface area contributed by atoms with Crippen LogP contribution >= 0.6 is 0 Å². The maximum Gasteiger partial charge on any atom is 0.306 e. The largest absolute Gasteiger partial charge is 0.484 e. The smallest absolute Gasteiger partial charge is 0.306 e. The van der Waals surface area contributed by atoms with Gasteiger partial charge in [-0.3, -0.25) is 14.4 Å². The number of ether oxygens (including phenoxy) is 1. The Morgan fingerprint density at radius 3 is 2.64 bits per heavy atom. The molecule has 1 aromatic carbocycles. The summed E-state index contributed by atoms with van der Waals surface area (Å²) in [5.41, 5.74) is 0.567. The van der Waals surface area contributed by atoms with Crippen molar-refractivity contribution in [3.8, 4) is 5.75 Å². The summed E-state index contributed by atoms with van der Waals surface area (Å²) in [7, 11) is 3.30. The second-order valence-electron chi connectivity index (χ2n) is 6.49. The molecule has 1 aromatic rings. The van der Waals surface area contributed by atoms with E-state index in [4.69, 9.17) is 9.84 Å². The molecule has 2 amide bonds. The van der Waals surface area contributed by atoms with Crippen molar-refractivity contribution in [3.05, 3.63) is 24.3 Å². The van der Waals surface area contributed by atoms with E-state index in [9.17, 15) is 14.4 Å². The van der Waals surface area contributed by atoms with E-state index in [-0.39, 0.29) is 24.3 Å². The minimum atomic E-state index is -0.835. The highest BCUT2D eigenvalue weighted by atomic mass is 16.5. The van der Waals surface area contributed by atoms with Gasteiger partial charge in [-0.2, -0.15) is 0 Å². The van der Waals surface area contributed by atoms with Gasteiger partial charge in [0.2, 0.25) is 5.91 Å². The van der Waals surface area contributed by atoms with E-state index in [2.05, 4.69) is 5.32 Å². The van der Waals surface area contributed by atoms with Crippen LogP contribution in [0.1, 0.15) is 25.7 Å². The fourth-order valence-electron chi connectivity index (χ4n) is 2.83. The molecule has 1 saturated carbocycles. The van der Waals surface area contributed by atoms with Gasteiger partial charge < -0.3 is 20.1 Å². The Morgan fingerprint density at radius 2 is 1.96 bits per heavy atom. The maximum absolute atomic E-state index is 12.4. The number of aliphatic carboxylic acids is 1. The SMILES string of the molecule is CN(C)C(=O)COc1cccc(NC(=O)C2CCCC(C(=O)O)C2)c1. The van der Waals surface area contributed by atoms with Crippen molar-refractivity contribution in [1.82, 2.24) is 4.90 Å². The number of likely N-dealkylation sites (N-methyl/N-ethyl adjacent to an activating group) is 1. The second-order valence-corrected chi connectivity index (χ2v) is 6.49. The van der Waals surface area contributed by atoms with Crippen LogP contribution < -0.4 is 10.1 Å². The second kappa shape index (κ2) is 8.50. The van der Waals surface area contributed by atoms with E-state index < -0.39 is 11.9 Å². The van der Waals surface area contributed by atoms with Gasteiger partial charge in [0, 0.05) is 31.8 Å². The van der Waals surface area contributed by atoms with Crippen LogP contribution in [-0.4, -0.2) is 48.5 Å². The summed E-state index contributed by atoms with van der Waals surface area (Å²) in [4.78, 5) is 36.5. The molecule has 0 bridgehead atoms. The Hall–Kier alpha value is -2.57. The molecule has 2 N–H and O–H groups in total. The molecule has 2 unspecified atom stereocenters. The van der Waals surface area contributed by atoms with Gasteiger partial charge in [-0.1, -0.05) is 12.5 Å². The summed E-state index contributed by atoms with van der Waals surface area (Å²) in [6, 6.07) is 6.82. The molecule has 0 heterocycles. The highest BCUT2D eigenvalue weighted by Crippen LogP contribution is 2.30. The molecule has 1 aliphatic rings. The predicted octanol–water partition coefficient (Wildman–Crippen LogP) is 1.98. The first-order chi connectivity index (χ1) is 11.9. The van der Waals surface area contributed by atoms with E-state index in [1.807, 2.05) is 0 Å². The van der Waals surface area contributed by atoms with Gasteiger partial charge in [0.1, 0.15) is 5.75 Å². The highest BCUT2D eigenvalue weighted by Gasteiger charge is 2.31. The van der Waals surface area contributed by atoms with E-state index in [1.165, 1.54) is 4.90 Å². The molecule has 0 saturated heterocycles. The number of benzene rings is 1. The summed E-state index contributed by atoms with van der Waals surface area (Å²) in [6.07, 6.45) is 2.44. The van der Waals surface area contributed by atoms with Gasteiger partial charge in [0.15, 0.2) is 6.61 Å². The number of carbonyl (C=O) groups is 3. The quantitative estimate of drug-likeness (QED) is 0.819. The number of carbonyl (C=O) groups excluding carboxylic acids is 2. The van der Waals surface area contributed by atoms with Crippen LogP contribution in [0.25, 0.3) is 0 Å². The zero-order chi connectivity index (χ0) is 18.4. The minimum Gasteiger partial charge on any atom is -0.484 e. The van der Waals surface area contributed by atoms with E-state index in [1.54, 1.807) is 38.4 Å². The standard InChI is InChI=1S/C18H24N2O5/c1-20(2)16(21)11-25-15-8-4-7-14(10-15)19-17(22)12-5-3-6-13(9-12)18(23)24/h4,7-8,10,12-13H,3,5-6,9,11H2,1-2H3,(H,19,22)(H,23,24). The summed E-state index contributed by atoms with van der Waals surface area (Å²) >= 11 is 0. The number of hydrogen-bond donors (Lipinski definition) is 2. The number of carboxylic acids is 1. The third-order valence-electron chi connectivity index (χ3n) is 4.36. The van der Waals surface area contributed by atoms with Crippen molar-refractivity contribution in [1.29, 1.82) is 0 Å². The number of carboxylic acid groups (broad SMARTS) is 1. The third kappa shape index (κ3) is 5.48. The number of rotatable bonds is 6. The van der Waals surface area contributed by atoms with Gasteiger partial charge in [0.05, 0.1) is 5.92 Å². The molecule has 25 heavy (non-hydrogen) atoms. The van der Waals surface area contributed by atoms with Crippen LogP contribution in [-0.2, 0) is 14.4 Å². The predicted molar refractivity (Wildman–Crippen MR) is 92.3 cm³/mol. The molecule has 0 radical (unpaired) electrons. The van der Waals surface area contributed by atoms with E-state index in [0.29, 0.717) is 30.7 Å². The molecule has 0 aliphatic heterocycles. The maximum atomic E-state index is 12.4. The summed E-state index contributed by atoms with van der Waals surface area (Å²) in [5, 5.41) is 11.9.